The molecule has 2 heterocycles. The number of thiazole rings is 1. The van der Waals surface area contributed by atoms with E-state index < -0.39 is 0 Å². The van der Waals surface area contributed by atoms with Crippen molar-refractivity contribution >= 4 is 33.3 Å². The highest BCUT2D eigenvalue weighted by atomic mass is 32.1. The van der Waals surface area contributed by atoms with E-state index in [2.05, 4.69) is 10.3 Å². The van der Waals surface area contributed by atoms with Crippen LogP contribution >= 0.6 is 11.3 Å². The molecule has 2 aromatic carbocycles. The molecule has 130 valence electrons. The first kappa shape index (κ1) is 16.4. The number of rotatable bonds is 5. The molecule has 1 amide bonds. The zero-order chi connectivity index (χ0) is 17.9. The van der Waals surface area contributed by atoms with Crippen LogP contribution in [-0.2, 0) is 11.2 Å². The topological polar surface area (TPSA) is 64.4 Å². The summed E-state index contributed by atoms with van der Waals surface area (Å²) in [4.78, 5) is 16.9. The van der Waals surface area contributed by atoms with E-state index in [1.807, 2.05) is 53.9 Å². The summed E-state index contributed by atoms with van der Waals surface area (Å²) in [5.74, 6) is 0.594. The molecule has 0 spiro atoms. The summed E-state index contributed by atoms with van der Waals surface area (Å²) >= 11 is 1.41. The van der Waals surface area contributed by atoms with Gasteiger partial charge in [0, 0.05) is 28.0 Å². The van der Waals surface area contributed by atoms with Gasteiger partial charge in [-0.25, -0.2) is 4.98 Å². The summed E-state index contributed by atoms with van der Waals surface area (Å²) in [5, 5.41) is 6.29. The predicted molar refractivity (Wildman–Crippen MR) is 103 cm³/mol. The van der Waals surface area contributed by atoms with Gasteiger partial charge in [-0.1, -0.05) is 30.3 Å². The third-order valence-electron chi connectivity index (χ3n) is 4.03. The Bertz CT molecular complexity index is 1050. The number of benzene rings is 2. The Morgan fingerprint density at radius 3 is 2.88 bits per heavy atom. The van der Waals surface area contributed by atoms with E-state index in [9.17, 15) is 4.79 Å². The van der Waals surface area contributed by atoms with Crippen molar-refractivity contribution in [2.45, 2.75) is 6.42 Å². The van der Waals surface area contributed by atoms with Gasteiger partial charge in [-0.2, -0.15) is 0 Å². The number of furan rings is 1. The van der Waals surface area contributed by atoms with Crippen molar-refractivity contribution in [2.24, 2.45) is 0 Å². The number of aromatic nitrogens is 1. The molecular formula is C20H16N2O3S. The zero-order valence-corrected chi connectivity index (χ0v) is 14.9. The molecule has 6 heteroatoms. The molecule has 0 bridgehead atoms. The van der Waals surface area contributed by atoms with E-state index in [-0.39, 0.29) is 12.3 Å². The summed E-state index contributed by atoms with van der Waals surface area (Å²) in [6.45, 7) is 0. The largest absolute Gasteiger partial charge is 0.497 e. The maximum atomic E-state index is 12.4. The number of hydrogen-bond donors (Lipinski definition) is 1. The van der Waals surface area contributed by atoms with Crippen LogP contribution in [0.1, 0.15) is 5.56 Å². The molecule has 26 heavy (non-hydrogen) atoms. The average molecular weight is 364 g/mol. The minimum atomic E-state index is -0.127. The van der Waals surface area contributed by atoms with Crippen molar-refractivity contribution in [3.05, 3.63) is 65.7 Å². The number of anilines is 1. The highest BCUT2D eigenvalue weighted by molar-refractivity contribution is 7.14. The number of nitrogens with one attached hydrogen (secondary N) is 1. The van der Waals surface area contributed by atoms with E-state index in [4.69, 9.17) is 9.15 Å². The van der Waals surface area contributed by atoms with E-state index in [0.29, 0.717) is 10.7 Å². The van der Waals surface area contributed by atoms with Crippen molar-refractivity contribution < 1.29 is 13.9 Å². The molecule has 0 saturated heterocycles. The Morgan fingerprint density at radius 2 is 2.08 bits per heavy atom. The van der Waals surface area contributed by atoms with Gasteiger partial charge in [0.1, 0.15) is 11.3 Å². The smallest absolute Gasteiger partial charge is 0.230 e. The number of methoxy groups -OCH3 is 1. The van der Waals surface area contributed by atoms with Gasteiger partial charge in [-0.05, 0) is 12.1 Å². The second kappa shape index (κ2) is 7.01. The fourth-order valence-electron chi connectivity index (χ4n) is 2.74. The molecule has 0 aliphatic heterocycles. The van der Waals surface area contributed by atoms with Crippen LogP contribution in [0, 0.1) is 0 Å². The Morgan fingerprint density at radius 1 is 1.23 bits per heavy atom. The molecule has 0 atom stereocenters. The molecule has 0 fully saturated rings. The lowest BCUT2D eigenvalue weighted by Crippen LogP contribution is -2.13. The summed E-state index contributed by atoms with van der Waals surface area (Å²) in [6.07, 6.45) is 1.83. The number of ether oxygens (including phenoxy) is 1. The number of nitrogens with zero attached hydrogens (tertiary/aromatic N) is 1. The Labute approximate surface area is 154 Å². The number of carbonyl (C=O) groups is 1. The van der Waals surface area contributed by atoms with E-state index in [0.717, 1.165) is 28.0 Å². The van der Waals surface area contributed by atoms with Gasteiger partial charge in [0.2, 0.25) is 5.91 Å². The summed E-state index contributed by atoms with van der Waals surface area (Å²) in [5.41, 5.74) is 3.42. The number of fused-ring (bicyclic) bond motifs is 1. The van der Waals surface area contributed by atoms with Crippen LogP contribution in [0.15, 0.2) is 64.6 Å². The third kappa shape index (κ3) is 3.32. The molecule has 1 N–H and O–H groups in total. The van der Waals surface area contributed by atoms with Crippen molar-refractivity contribution in [3.8, 4) is 17.0 Å². The summed E-state index contributed by atoms with van der Waals surface area (Å²) in [7, 11) is 1.61. The SMILES string of the molecule is COc1ccc2c(CC(=O)Nc3nc(-c4ccccc4)cs3)coc2c1. The Hall–Kier alpha value is -3.12. The van der Waals surface area contributed by atoms with Crippen molar-refractivity contribution in [2.75, 3.05) is 12.4 Å². The van der Waals surface area contributed by atoms with Crippen molar-refractivity contribution in [1.29, 1.82) is 0 Å². The predicted octanol–water partition coefficient (Wildman–Crippen LogP) is 4.75. The normalized spacial score (nSPS) is 10.8. The Kier molecular flexibility index (Phi) is 4.41. The molecule has 0 unspecified atom stereocenters. The number of hydrogen-bond acceptors (Lipinski definition) is 5. The fraction of sp³-hybridized carbons (Fsp3) is 0.100. The average Bonchev–Trinajstić information content (AvgIpc) is 3.29. The zero-order valence-electron chi connectivity index (χ0n) is 14.1. The van der Waals surface area contributed by atoms with E-state index in [1.54, 1.807) is 13.4 Å². The van der Waals surface area contributed by atoms with Crippen LogP contribution in [0.2, 0.25) is 0 Å². The van der Waals surface area contributed by atoms with Crippen LogP contribution in [0.3, 0.4) is 0 Å². The second-order valence-electron chi connectivity index (χ2n) is 5.75. The first-order valence-corrected chi connectivity index (χ1v) is 8.96. The van der Waals surface area contributed by atoms with E-state index >= 15 is 0 Å². The minimum Gasteiger partial charge on any atom is -0.497 e. The quantitative estimate of drug-likeness (QED) is 0.555. The van der Waals surface area contributed by atoms with Gasteiger partial charge >= 0.3 is 0 Å². The van der Waals surface area contributed by atoms with Crippen LogP contribution in [0.4, 0.5) is 5.13 Å². The molecule has 5 nitrogen and oxygen atoms in total. The number of amides is 1. The minimum absolute atomic E-state index is 0.127. The molecule has 0 radical (unpaired) electrons. The second-order valence-corrected chi connectivity index (χ2v) is 6.61. The lowest BCUT2D eigenvalue weighted by atomic mass is 10.1. The third-order valence-corrected chi connectivity index (χ3v) is 4.79. The molecule has 0 saturated carbocycles. The maximum Gasteiger partial charge on any atom is 0.230 e. The van der Waals surface area contributed by atoms with Gasteiger partial charge in [0.05, 0.1) is 25.5 Å². The van der Waals surface area contributed by atoms with Gasteiger partial charge in [-0.15, -0.1) is 11.3 Å². The molecule has 0 aliphatic carbocycles. The van der Waals surface area contributed by atoms with E-state index in [1.165, 1.54) is 11.3 Å². The summed E-state index contributed by atoms with van der Waals surface area (Å²) in [6, 6.07) is 15.4. The summed E-state index contributed by atoms with van der Waals surface area (Å²) < 4.78 is 10.7. The molecule has 4 rings (SSSR count). The highest BCUT2D eigenvalue weighted by Gasteiger charge is 2.13. The lowest BCUT2D eigenvalue weighted by molar-refractivity contribution is -0.115. The monoisotopic (exact) mass is 364 g/mol. The first-order valence-electron chi connectivity index (χ1n) is 8.08. The Balaban J connectivity index is 1.47. The standard InChI is InChI=1S/C20H16N2O3S/c1-24-15-7-8-16-14(11-25-18(16)10-15)9-19(23)22-20-21-17(12-26-20)13-5-3-2-4-6-13/h2-8,10-12H,9H2,1H3,(H,21,22,23). The molecular weight excluding hydrogens is 348 g/mol. The van der Waals surface area contributed by atoms with Crippen LogP contribution < -0.4 is 10.1 Å². The number of carbonyl (C=O) groups excluding carboxylic acids is 1. The van der Waals surface area contributed by atoms with Crippen LogP contribution in [0.25, 0.3) is 22.2 Å². The highest BCUT2D eigenvalue weighted by Crippen LogP contribution is 2.27. The lowest BCUT2D eigenvalue weighted by Gasteiger charge is -2.01. The molecule has 4 aromatic rings. The maximum absolute atomic E-state index is 12.4. The first-order chi connectivity index (χ1) is 12.7. The molecule has 0 aliphatic rings. The van der Waals surface area contributed by atoms with Crippen molar-refractivity contribution in [3.63, 3.8) is 0 Å². The van der Waals surface area contributed by atoms with Gasteiger partial charge < -0.3 is 14.5 Å². The van der Waals surface area contributed by atoms with Gasteiger partial charge in [0.25, 0.3) is 0 Å². The van der Waals surface area contributed by atoms with Crippen LogP contribution in [-0.4, -0.2) is 18.0 Å². The van der Waals surface area contributed by atoms with Crippen LogP contribution in [0.5, 0.6) is 5.75 Å². The fourth-order valence-corrected chi connectivity index (χ4v) is 3.47. The molecule has 2 aromatic heterocycles. The van der Waals surface area contributed by atoms with Crippen molar-refractivity contribution in [1.82, 2.24) is 4.98 Å². The van der Waals surface area contributed by atoms with Gasteiger partial charge in [-0.3, -0.25) is 4.79 Å². The van der Waals surface area contributed by atoms with Gasteiger partial charge in [0.15, 0.2) is 5.13 Å².